The van der Waals surface area contributed by atoms with Crippen LogP contribution in [0.3, 0.4) is 0 Å². The molecule has 1 aromatic carbocycles. The zero-order valence-corrected chi connectivity index (χ0v) is 8.65. The van der Waals surface area contributed by atoms with Crippen LogP contribution in [0.25, 0.3) is 0 Å². The molecule has 0 N–H and O–H groups in total. The molecule has 3 heteroatoms. The molecule has 0 amide bonds. The Kier molecular flexibility index (Phi) is 2.81. The van der Waals surface area contributed by atoms with Crippen molar-refractivity contribution in [3.05, 3.63) is 53.9 Å². The van der Waals surface area contributed by atoms with Crippen LogP contribution in [0.4, 0.5) is 4.39 Å². The minimum atomic E-state index is -0.189. The Morgan fingerprint density at radius 1 is 1.40 bits per heavy atom. The molecule has 0 bridgehead atoms. The van der Waals surface area contributed by atoms with Crippen LogP contribution in [0.1, 0.15) is 18.2 Å². The largest absolute Gasteiger partial charge is 0.330 e. The third-order valence-electron chi connectivity index (χ3n) is 2.40. The van der Waals surface area contributed by atoms with Gasteiger partial charge in [-0.25, -0.2) is 9.37 Å². The average Bonchev–Trinajstić information content (AvgIpc) is 2.65. The van der Waals surface area contributed by atoms with Gasteiger partial charge in [-0.15, -0.1) is 0 Å². The van der Waals surface area contributed by atoms with Crippen molar-refractivity contribution in [2.75, 3.05) is 0 Å². The van der Waals surface area contributed by atoms with E-state index in [4.69, 9.17) is 0 Å². The number of hydrogen-bond acceptors (Lipinski definition) is 1. The Balaban J connectivity index is 2.22. The Morgan fingerprint density at radius 2 is 2.27 bits per heavy atom. The number of halogens is 1. The van der Waals surface area contributed by atoms with E-state index in [0.717, 1.165) is 12.0 Å². The highest BCUT2D eigenvalue weighted by Crippen LogP contribution is 2.08. The Morgan fingerprint density at radius 3 is 3.00 bits per heavy atom. The number of nitrogens with zero attached hydrogens (tertiary/aromatic N) is 2. The molecule has 0 radical (unpaired) electrons. The second-order valence-corrected chi connectivity index (χ2v) is 3.50. The monoisotopic (exact) mass is 204 g/mol. The van der Waals surface area contributed by atoms with Crippen molar-refractivity contribution in [1.82, 2.24) is 9.55 Å². The Hall–Kier alpha value is -1.64. The van der Waals surface area contributed by atoms with Crippen molar-refractivity contribution in [2.45, 2.75) is 19.9 Å². The molecule has 1 aromatic heterocycles. The SMILES string of the molecule is CCc1cncn1Cc1cccc(F)c1. The van der Waals surface area contributed by atoms with E-state index in [1.807, 2.05) is 16.8 Å². The first-order valence-electron chi connectivity index (χ1n) is 5.03. The highest BCUT2D eigenvalue weighted by Gasteiger charge is 2.01. The molecule has 2 rings (SSSR count). The Bertz CT molecular complexity index is 448. The molecule has 2 nitrogen and oxygen atoms in total. The smallest absolute Gasteiger partial charge is 0.123 e. The summed E-state index contributed by atoms with van der Waals surface area (Å²) >= 11 is 0. The van der Waals surface area contributed by atoms with E-state index >= 15 is 0 Å². The van der Waals surface area contributed by atoms with Gasteiger partial charge in [0.05, 0.1) is 6.33 Å². The maximum atomic E-state index is 13.0. The molecule has 0 aliphatic rings. The molecule has 15 heavy (non-hydrogen) atoms. The Labute approximate surface area is 88.4 Å². The maximum Gasteiger partial charge on any atom is 0.123 e. The predicted molar refractivity (Wildman–Crippen MR) is 57.1 cm³/mol. The van der Waals surface area contributed by atoms with Crippen LogP contribution >= 0.6 is 0 Å². The fraction of sp³-hybridized carbons (Fsp3) is 0.250. The van der Waals surface area contributed by atoms with E-state index in [-0.39, 0.29) is 5.82 Å². The highest BCUT2D eigenvalue weighted by atomic mass is 19.1. The van der Waals surface area contributed by atoms with Crippen LogP contribution in [-0.2, 0) is 13.0 Å². The molecule has 78 valence electrons. The second kappa shape index (κ2) is 4.26. The first kappa shape index (κ1) is 9.90. The van der Waals surface area contributed by atoms with Gasteiger partial charge in [0.1, 0.15) is 5.82 Å². The van der Waals surface area contributed by atoms with Crippen molar-refractivity contribution < 1.29 is 4.39 Å². The third-order valence-corrected chi connectivity index (χ3v) is 2.40. The first-order valence-corrected chi connectivity index (χ1v) is 5.03. The molecule has 0 aliphatic carbocycles. The van der Waals surface area contributed by atoms with Gasteiger partial charge in [0.2, 0.25) is 0 Å². The molecular formula is C12H13FN2. The molecule has 0 spiro atoms. The molecule has 0 unspecified atom stereocenters. The van der Waals surface area contributed by atoms with Gasteiger partial charge in [0.15, 0.2) is 0 Å². The van der Waals surface area contributed by atoms with E-state index in [0.29, 0.717) is 6.54 Å². The summed E-state index contributed by atoms with van der Waals surface area (Å²) in [4.78, 5) is 4.08. The minimum Gasteiger partial charge on any atom is -0.330 e. The number of hydrogen-bond donors (Lipinski definition) is 0. The summed E-state index contributed by atoms with van der Waals surface area (Å²) in [6.45, 7) is 2.76. The van der Waals surface area contributed by atoms with Crippen molar-refractivity contribution in [3.8, 4) is 0 Å². The van der Waals surface area contributed by atoms with E-state index < -0.39 is 0 Å². The van der Waals surface area contributed by atoms with Gasteiger partial charge in [-0.2, -0.15) is 0 Å². The quantitative estimate of drug-likeness (QED) is 0.751. The van der Waals surface area contributed by atoms with Gasteiger partial charge in [0.25, 0.3) is 0 Å². The van der Waals surface area contributed by atoms with Crippen LogP contribution in [0, 0.1) is 5.82 Å². The third kappa shape index (κ3) is 2.24. The zero-order valence-electron chi connectivity index (χ0n) is 8.65. The topological polar surface area (TPSA) is 17.8 Å². The predicted octanol–water partition coefficient (Wildman–Crippen LogP) is 2.63. The van der Waals surface area contributed by atoms with Crippen molar-refractivity contribution in [1.29, 1.82) is 0 Å². The molecule has 0 aliphatic heterocycles. The minimum absolute atomic E-state index is 0.189. The molecule has 0 atom stereocenters. The van der Waals surface area contributed by atoms with E-state index in [1.165, 1.54) is 11.8 Å². The summed E-state index contributed by atoms with van der Waals surface area (Å²) in [6, 6.07) is 6.66. The summed E-state index contributed by atoms with van der Waals surface area (Å²) in [6.07, 6.45) is 4.57. The summed E-state index contributed by atoms with van der Waals surface area (Å²) in [5, 5.41) is 0. The number of benzene rings is 1. The van der Waals surface area contributed by atoms with Gasteiger partial charge in [-0.05, 0) is 24.1 Å². The van der Waals surface area contributed by atoms with Crippen LogP contribution < -0.4 is 0 Å². The standard InChI is InChI=1S/C12H13FN2/c1-2-12-7-14-9-15(12)8-10-4-3-5-11(13)6-10/h3-7,9H,2,8H2,1H3. The average molecular weight is 204 g/mol. The molecule has 0 fully saturated rings. The normalized spacial score (nSPS) is 10.5. The lowest BCUT2D eigenvalue weighted by Gasteiger charge is -2.06. The summed E-state index contributed by atoms with van der Waals surface area (Å²) in [5.41, 5.74) is 2.13. The lowest BCUT2D eigenvalue weighted by atomic mass is 10.2. The molecule has 0 saturated heterocycles. The van der Waals surface area contributed by atoms with E-state index in [1.54, 1.807) is 18.5 Å². The second-order valence-electron chi connectivity index (χ2n) is 3.50. The summed E-state index contributed by atoms with van der Waals surface area (Å²) < 4.78 is 15.0. The number of imidazole rings is 1. The summed E-state index contributed by atoms with van der Waals surface area (Å²) in [7, 11) is 0. The van der Waals surface area contributed by atoms with E-state index in [9.17, 15) is 4.39 Å². The summed E-state index contributed by atoms with van der Waals surface area (Å²) in [5.74, 6) is -0.189. The lowest BCUT2D eigenvalue weighted by Crippen LogP contribution is -2.02. The zero-order chi connectivity index (χ0) is 10.7. The van der Waals surface area contributed by atoms with Gasteiger partial charge >= 0.3 is 0 Å². The van der Waals surface area contributed by atoms with E-state index in [2.05, 4.69) is 11.9 Å². The molecule has 1 heterocycles. The van der Waals surface area contributed by atoms with Crippen LogP contribution in [0.15, 0.2) is 36.8 Å². The lowest BCUT2D eigenvalue weighted by molar-refractivity contribution is 0.622. The number of aryl methyl sites for hydroxylation is 1. The highest BCUT2D eigenvalue weighted by molar-refractivity contribution is 5.17. The van der Waals surface area contributed by atoms with Gasteiger partial charge in [0, 0.05) is 18.4 Å². The maximum absolute atomic E-state index is 13.0. The van der Waals surface area contributed by atoms with Crippen LogP contribution in [0.5, 0.6) is 0 Å². The van der Waals surface area contributed by atoms with Crippen LogP contribution in [0.2, 0.25) is 0 Å². The first-order chi connectivity index (χ1) is 7.29. The van der Waals surface area contributed by atoms with Gasteiger partial charge < -0.3 is 4.57 Å². The van der Waals surface area contributed by atoms with Crippen molar-refractivity contribution in [3.63, 3.8) is 0 Å². The molecule has 0 saturated carbocycles. The molecular weight excluding hydrogens is 191 g/mol. The van der Waals surface area contributed by atoms with Crippen LogP contribution in [-0.4, -0.2) is 9.55 Å². The number of rotatable bonds is 3. The van der Waals surface area contributed by atoms with Gasteiger partial charge in [-0.3, -0.25) is 0 Å². The number of aromatic nitrogens is 2. The fourth-order valence-electron chi connectivity index (χ4n) is 1.62. The molecule has 2 aromatic rings. The fourth-order valence-corrected chi connectivity index (χ4v) is 1.62. The van der Waals surface area contributed by atoms with Crippen molar-refractivity contribution in [2.24, 2.45) is 0 Å². The van der Waals surface area contributed by atoms with Crippen molar-refractivity contribution >= 4 is 0 Å². The van der Waals surface area contributed by atoms with Gasteiger partial charge in [-0.1, -0.05) is 19.1 Å².